The first kappa shape index (κ1) is 19.9. The summed E-state index contributed by atoms with van der Waals surface area (Å²) in [5.41, 5.74) is 1.16. The Morgan fingerprint density at radius 2 is 1.76 bits per heavy atom. The largest absolute Gasteiger partial charge is 0.486 e. The van der Waals surface area contributed by atoms with Gasteiger partial charge in [0.05, 0.1) is 10.6 Å². The maximum atomic E-state index is 12.0. The van der Waals surface area contributed by atoms with Crippen molar-refractivity contribution in [3.05, 3.63) is 69.0 Å². The maximum Gasteiger partial charge on any atom is 0.261 e. The molecule has 1 fully saturated rings. The van der Waals surface area contributed by atoms with Gasteiger partial charge in [-0.2, -0.15) is 0 Å². The first-order chi connectivity index (χ1) is 14.3. The zero-order chi connectivity index (χ0) is 19.9. The van der Waals surface area contributed by atoms with E-state index in [0.717, 1.165) is 49.0 Å². The van der Waals surface area contributed by atoms with Crippen molar-refractivity contribution in [3.63, 3.8) is 0 Å². The van der Waals surface area contributed by atoms with Gasteiger partial charge >= 0.3 is 0 Å². The average molecular weight is 428 g/mol. The number of para-hydroxylation sites is 2. The van der Waals surface area contributed by atoms with Crippen LogP contribution in [0.15, 0.2) is 59.3 Å². The molecule has 4 rings (SSSR count). The first-order valence-corrected chi connectivity index (χ1v) is 11.6. The molecule has 3 aromatic rings. The second-order valence-corrected chi connectivity index (χ2v) is 8.88. The second-order valence-electron chi connectivity index (χ2n) is 6.90. The summed E-state index contributed by atoms with van der Waals surface area (Å²) in [5, 5.41) is 7.01. The summed E-state index contributed by atoms with van der Waals surface area (Å²) in [6, 6.07) is 16.2. The third-order valence-electron chi connectivity index (χ3n) is 4.99. The summed E-state index contributed by atoms with van der Waals surface area (Å²) in [6.45, 7) is 6.04. The Morgan fingerprint density at radius 3 is 2.52 bits per heavy atom. The van der Waals surface area contributed by atoms with Crippen molar-refractivity contribution in [3.8, 4) is 5.75 Å². The molecule has 2 aromatic heterocycles. The van der Waals surface area contributed by atoms with Crippen LogP contribution in [0.25, 0.3) is 0 Å². The fourth-order valence-electron chi connectivity index (χ4n) is 3.42. The molecule has 5 nitrogen and oxygen atoms in total. The number of thiophene rings is 2. The number of nitrogens with one attached hydrogen (secondary N) is 1. The van der Waals surface area contributed by atoms with Crippen molar-refractivity contribution in [1.29, 1.82) is 0 Å². The Morgan fingerprint density at radius 1 is 0.966 bits per heavy atom. The van der Waals surface area contributed by atoms with Gasteiger partial charge in [0.1, 0.15) is 12.4 Å². The van der Waals surface area contributed by atoms with Crippen molar-refractivity contribution in [2.75, 3.05) is 44.2 Å². The molecule has 1 saturated heterocycles. The van der Waals surface area contributed by atoms with Crippen LogP contribution in [0, 0.1) is 0 Å². The number of amides is 1. The molecule has 7 heteroatoms. The van der Waals surface area contributed by atoms with Gasteiger partial charge in [0.15, 0.2) is 0 Å². The standard InChI is InChI=1S/C22H25N3O2S2/c26-22(21-8-4-16-29-21)23-9-10-24-11-13-25(14-12-24)19-6-1-2-7-20(19)27-17-18-5-3-15-28-18/h1-8,15-16H,9-14,17H2,(H,23,26). The summed E-state index contributed by atoms with van der Waals surface area (Å²) < 4.78 is 6.10. The number of hydrogen-bond acceptors (Lipinski definition) is 6. The molecule has 0 spiro atoms. The SMILES string of the molecule is O=C(NCCN1CCN(c2ccccc2OCc2cccs2)CC1)c1cccs1. The van der Waals surface area contributed by atoms with Crippen molar-refractivity contribution in [2.24, 2.45) is 0 Å². The minimum absolute atomic E-state index is 0.0236. The van der Waals surface area contributed by atoms with Gasteiger partial charge in [0, 0.05) is 44.1 Å². The number of ether oxygens (including phenoxy) is 1. The van der Waals surface area contributed by atoms with Gasteiger partial charge in [0.25, 0.3) is 5.91 Å². The average Bonchev–Trinajstić information content (AvgIpc) is 3.47. The van der Waals surface area contributed by atoms with Gasteiger partial charge in [-0.05, 0) is 35.0 Å². The third-order valence-corrected chi connectivity index (χ3v) is 6.71. The highest BCUT2D eigenvalue weighted by molar-refractivity contribution is 7.12. The Hall–Kier alpha value is -2.35. The summed E-state index contributed by atoms with van der Waals surface area (Å²) in [6.07, 6.45) is 0. The number of carbonyl (C=O) groups is 1. The van der Waals surface area contributed by atoms with Crippen LogP contribution in [0.2, 0.25) is 0 Å². The van der Waals surface area contributed by atoms with E-state index in [4.69, 9.17) is 4.74 Å². The van der Waals surface area contributed by atoms with Crippen LogP contribution in [-0.4, -0.2) is 50.1 Å². The van der Waals surface area contributed by atoms with Crippen LogP contribution in [0.4, 0.5) is 5.69 Å². The van der Waals surface area contributed by atoms with Gasteiger partial charge in [-0.1, -0.05) is 24.3 Å². The highest BCUT2D eigenvalue weighted by Gasteiger charge is 2.19. The molecular formula is C22H25N3O2S2. The lowest BCUT2D eigenvalue weighted by atomic mass is 10.2. The van der Waals surface area contributed by atoms with Gasteiger partial charge in [0.2, 0.25) is 0 Å². The topological polar surface area (TPSA) is 44.8 Å². The summed E-state index contributed by atoms with van der Waals surface area (Å²) in [5.74, 6) is 0.966. The van der Waals surface area contributed by atoms with Crippen molar-refractivity contribution in [1.82, 2.24) is 10.2 Å². The third kappa shape index (κ3) is 5.38. The van der Waals surface area contributed by atoms with Crippen LogP contribution in [0.1, 0.15) is 14.5 Å². The predicted molar refractivity (Wildman–Crippen MR) is 120 cm³/mol. The Kier molecular flexibility index (Phi) is 6.82. The predicted octanol–water partition coefficient (Wildman–Crippen LogP) is 3.94. The van der Waals surface area contributed by atoms with E-state index < -0.39 is 0 Å². The number of hydrogen-bond donors (Lipinski definition) is 1. The number of rotatable bonds is 8. The maximum absolute atomic E-state index is 12.0. The van der Waals surface area contributed by atoms with Gasteiger partial charge in [-0.3, -0.25) is 9.69 Å². The lowest BCUT2D eigenvalue weighted by molar-refractivity contribution is 0.0952. The molecule has 29 heavy (non-hydrogen) atoms. The minimum Gasteiger partial charge on any atom is -0.486 e. The van der Waals surface area contributed by atoms with E-state index in [0.29, 0.717) is 13.2 Å². The van der Waals surface area contributed by atoms with Crippen molar-refractivity contribution < 1.29 is 9.53 Å². The zero-order valence-electron chi connectivity index (χ0n) is 16.3. The molecule has 1 aromatic carbocycles. The normalized spacial score (nSPS) is 14.7. The number of piperazine rings is 1. The first-order valence-electron chi connectivity index (χ1n) is 9.83. The zero-order valence-corrected chi connectivity index (χ0v) is 17.9. The minimum atomic E-state index is 0.0236. The molecule has 0 aliphatic carbocycles. The molecule has 0 bridgehead atoms. The number of nitrogens with zero attached hydrogens (tertiary/aromatic N) is 2. The number of anilines is 1. The van der Waals surface area contributed by atoms with E-state index in [2.05, 4.69) is 50.8 Å². The second kappa shape index (κ2) is 9.91. The van der Waals surface area contributed by atoms with Crippen LogP contribution < -0.4 is 15.0 Å². The van der Waals surface area contributed by atoms with E-state index >= 15 is 0 Å². The molecule has 0 unspecified atom stereocenters. The van der Waals surface area contributed by atoms with E-state index in [-0.39, 0.29) is 5.91 Å². The quantitative estimate of drug-likeness (QED) is 0.591. The molecule has 1 aliphatic heterocycles. The molecule has 0 saturated carbocycles. The molecule has 152 valence electrons. The lowest BCUT2D eigenvalue weighted by Crippen LogP contribution is -2.48. The highest BCUT2D eigenvalue weighted by Crippen LogP contribution is 2.30. The molecule has 3 heterocycles. The van der Waals surface area contributed by atoms with Crippen molar-refractivity contribution >= 4 is 34.3 Å². The van der Waals surface area contributed by atoms with Gasteiger partial charge in [-0.15, -0.1) is 22.7 Å². The number of carbonyl (C=O) groups excluding carboxylic acids is 1. The Bertz CT molecular complexity index is 889. The number of benzene rings is 1. The van der Waals surface area contributed by atoms with E-state index in [1.165, 1.54) is 16.2 Å². The van der Waals surface area contributed by atoms with Crippen LogP contribution in [0.3, 0.4) is 0 Å². The Labute approximate surface area is 179 Å². The highest BCUT2D eigenvalue weighted by atomic mass is 32.1. The lowest BCUT2D eigenvalue weighted by Gasteiger charge is -2.36. The van der Waals surface area contributed by atoms with Crippen LogP contribution >= 0.6 is 22.7 Å². The van der Waals surface area contributed by atoms with Gasteiger partial charge in [-0.25, -0.2) is 0 Å². The molecule has 0 radical (unpaired) electrons. The van der Waals surface area contributed by atoms with E-state index in [1.807, 2.05) is 23.6 Å². The van der Waals surface area contributed by atoms with E-state index in [1.54, 1.807) is 11.3 Å². The van der Waals surface area contributed by atoms with Crippen LogP contribution in [-0.2, 0) is 6.61 Å². The van der Waals surface area contributed by atoms with Crippen LogP contribution in [0.5, 0.6) is 5.75 Å². The molecular weight excluding hydrogens is 402 g/mol. The smallest absolute Gasteiger partial charge is 0.261 e. The summed E-state index contributed by atoms with van der Waals surface area (Å²) >= 11 is 3.19. The summed E-state index contributed by atoms with van der Waals surface area (Å²) in [4.78, 5) is 18.8. The fraction of sp³-hybridized carbons (Fsp3) is 0.318. The monoisotopic (exact) mass is 427 g/mol. The molecule has 1 N–H and O–H groups in total. The summed E-state index contributed by atoms with van der Waals surface area (Å²) in [7, 11) is 0. The molecule has 1 aliphatic rings. The Balaban J connectivity index is 1.24. The van der Waals surface area contributed by atoms with E-state index in [9.17, 15) is 4.79 Å². The van der Waals surface area contributed by atoms with Crippen molar-refractivity contribution in [2.45, 2.75) is 6.61 Å². The molecule has 0 atom stereocenters. The fourth-order valence-corrected chi connectivity index (χ4v) is 4.67. The molecule has 1 amide bonds. The van der Waals surface area contributed by atoms with Gasteiger partial charge < -0.3 is 15.0 Å².